The van der Waals surface area contributed by atoms with Gasteiger partial charge in [0.05, 0.1) is 0 Å². The van der Waals surface area contributed by atoms with Gasteiger partial charge in [0, 0.05) is 9.30 Å². The van der Waals surface area contributed by atoms with E-state index in [1.54, 1.807) is 0 Å². The molecule has 0 saturated carbocycles. The predicted octanol–water partition coefficient (Wildman–Crippen LogP) is 5.19. The van der Waals surface area contributed by atoms with Crippen molar-refractivity contribution in [3.8, 4) is 0 Å². The summed E-state index contributed by atoms with van der Waals surface area (Å²) in [6, 6.07) is 8.47. The second kappa shape index (κ2) is 6.70. The molecule has 1 aromatic carbocycles. The summed E-state index contributed by atoms with van der Waals surface area (Å²) >= 11 is 7.33. The molecule has 0 bridgehead atoms. The van der Waals surface area contributed by atoms with Gasteiger partial charge in [-0.15, -0.1) is 0 Å². The largest absolute Gasteiger partial charge is 0.0890 e. The minimum absolute atomic E-state index is 0.643. The zero-order chi connectivity index (χ0) is 11.3. The Kier molecular flexibility index (Phi) is 5.91. The number of hydrogen-bond donors (Lipinski definition) is 0. The second-order valence-electron chi connectivity index (χ2n) is 4.36. The van der Waals surface area contributed by atoms with Crippen molar-refractivity contribution in [1.29, 1.82) is 0 Å². The van der Waals surface area contributed by atoms with Crippen molar-refractivity contribution < 1.29 is 0 Å². The van der Waals surface area contributed by atoms with Gasteiger partial charge in [0.2, 0.25) is 0 Å². The van der Waals surface area contributed by atoms with Gasteiger partial charge < -0.3 is 0 Å². The molecule has 1 atom stereocenters. The molecule has 1 unspecified atom stereocenters. The normalized spacial score (nSPS) is 13.1. The molecule has 0 N–H and O–H groups in total. The van der Waals surface area contributed by atoms with Gasteiger partial charge in [-0.2, -0.15) is 0 Å². The number of alkyl halides is 1. The number of benzene rings is 1. The Morgan fingerprint density at radius 3 is 2.47 bits per heavy atom. The van der Waals surface area contributed by atoms with Crippen LogP contribution in [0.4, 0.5) is 0 Å². The molecule has 0 fully saturated rings. The highest BCUT2D eigenvalue weighted by atomic mass is 79.9. The molecule has 0 amide bonds. The standard InChI is InChI=1S/C13H18Br2/c1-10(2)9-12(14)8-7-11-5-3-4-6-13(11)15/h3-6,10,12H,7-9H2,1-2H3. The Bertz CT molecular complexity index is 294. The number of hydrogen-bond acceptors (Lipinski definition) is 0. The van der Waals surface area contributed by atoms with Gasteiger partial charge >= 0.3 is 0 Å². The van der Waals surface area contributed by atoms with E-state index in [1.165, 1.54) is 22.9 Å². The molecule has 2 heteroatoms. The van der Waals surface area contributed by atoms with Gasteiger partial charge in [0.25, 0.3) is 0 Å². The molecule has 1 aromatic rings. The SMILES string of the molecule is CC(C)CC(Br)CCc1ccccc1Br. The topological polar surface area (TPSA) is 0 Å². The summed E-state index contributed by atoms with van der Waals surface area (Å²) < 4.78 is 1.23. The van der Waals surface area contributed by atoms with E-state index in [9.17, 15) is 0 Å². The number of aryl methyl sites for hydroxylation is 1. The zero-order valence-corrected chi connectivity index (χ0v) is 12.5. The molecule has 0 aliphatic carbocycles. The monoisotopic (exact) mass is 332 g/mol. The average Bonchev–Trinajstić information content (AvgIpc) is 2.15. The maximum atomic E-state index is 3.75. The molecule has 0 aromatic heterocycles. The lowest BCUT2D eigenvalue weighted by Gasteiger charge is -2.12. The van der Waals surface area contributed by atoms with Crippen LogP contribution in [0.5, 0.6) is 0 Å². The predicted molar refractivity (Wildman–Crippen MR) is 74.6 cm³/mol. The van der Waals surface area contributed by atoms with E-state index in [0.29, 0.717) is 4.83 Å². The van der Waals surface area contributed by atoms with E-state index >= 15 is 0 Å². The van der Waals surface area contributed by atoms with Gasteiger partial charge in [-0.1, -0.05) is 63.9 Å². The molecule has 0 spiro atoms. The molecule has 0 radical (unpaired) electrons. The van der Waals surface area contributed by atoms with Crippen LogP contribution in [0.3, 0.4) is 0 Å². The lowest BCUT2D eigenvalue weighted by molar-refractivity contribution is 0.554. The lowest BCUT2D eigenvalue weighted by Crippen LogP contribution is -2.04. The van der Waals surface area contributed by atoms with E-state index in [2.05, 4.69) is 70.0 Å². The first-order valence-electron chi connectivity index (χ1n) is 5.47. The van der Waals surface area contributed by atoms with E-state index in [1.807, 2.05) is 0 Å². The molecule has 15 heavy (non-hydrogen) atoms. The van der Waals surface area contributed by atoms with Crippen molar-refractivity contribution in [3.05, 3.63) is 34.3 Å². The van der Waals surface area contributed by atoms with E-state index in [4.69, 9.17) is 0 Å². The third-order valence-electron chi connectivity index (χ3n) is 2.41. The highest BCUT2D eigenvalue weighted by Gasteiger charge is 2.08. The van der Waals surface area contributed by atoms with Crippen molar-refractivity contribution >= 4 is 31.9 Å². The molecule has 0 aliphatic heterocycles. The Morgan fingerprint density at radius 1 is 1.20 bits per heavy atom. The van der Waals surface area contributed by atoms with Crippen LogP contribution in [-0.4, -0.2) is 4.83 Å². The maximum Gasteiger partial charge on any atom is 0.0207 e. The van der Waals surface area contributed by atoms with Crippen LogP contribution < -0.4 is 0 Å². The van der Waals surface area contributed by atoms with E-state index < -0.39 is 0 Å². The van der Waals surface area contributed by atoms with Crippen molar-refractivity contribution in [2.45, 2.75) is 37.9 Å². The van der Waals surface area contributed by atoms with Gasteiger partial charge in [0.1, 0.15) is 0 Å². The van der Waals surface area contributed by atoms with Crippen LogP contribution in [0.1, 0.15) is 32.3 Å². The Morgan fingerprint density at radius 2 is 1.87 bits per heavy atom. The van der Waals surface area contributed by atoms with Crippen molar-refractivity contribution in [3.63, 3.8) is 0 Å². The van der Waals surface area contributed by atoms with Crippen molar-refractivity contribution in [2.24, 2.45) is 5.92 Å². The quantitative estimate of drug-likeness (QED) is 0.650. The van der Waals surface area contributed by atoms with Crippen molar-refractivity contribution in [1.82, 2.24) is 0 Å². The van der Waals surface area contributed by atoms with Crippen LogP contribution >= 0.6 is 31.9 Å². The highest BCUT2D eigenvalue weighted by Crippen LogP contribution is 2.22. The molecule has 0 saturated heterocycles. The number of rotatable bonds is 5. The summed E-state index contributed by atoms with van der Waals surface area (Å²) in [6.45, 7) is 4.54. The van der Waals surface area contributed by atoms with Gasteiger partial charge in [-0.05, 0) is 36.8 Å². The van der Waals surface area contributed by atoms with Crippen LogP contribution in [0.25, 0.3) is 0 Å². The Labute approximate surface area is 110 Å². The minimum atomic E-state index is 0.643. The van der Waals surface area contributed by atoms with Crippen LogP contribution in [0.2, 0.25) is 0 Å². The first kappa shape index (κ1) is 13.2. The van der Waals surface area contributed by atoms with Gasteiger partial charge in [-0.3, -0.25) is 0 Å². The molecule has 84 valence electrons. The Hall–Kier alpha value is 0.180. The lowest BCUT2D eigenvalue weighted by atomic mass is 10.0. The van der Waals surface area contributed by atoms with Crippen molar-refractivity contribution in [2.75, 3.05) is 0 Å². The first-order valence-corrected chi connectivity index (χ1v) is 7.18. The Balaban J connectivity index is 2.40. The smallest absolute Gasteiger partial charge is 0.0207 e. The molecule has 0 aliphatic rings. The summed E-state index contributed by atoms with van der Waals surface area (Å²) in [5, 5.41) is 0. The fourth-order valence-electron chi connectivity index (χ4n) is 1.64. The molecule has 0 heterocycles. The fraction of sp³-hybridized carbons (Fsp3) is 0.538. The molecular weight excluding hydrogens is 316 g/mol. The molecule has 0 nitrogen and oxygen atoms in total. The first-order chi connectivity index (χ1) is 7.09. The molecule has 1 rings (SSSR count). The summed E-state index contributed by atoms with van der Waals surface area (Å²) in [5.41, 5.74) is 1.41. The highest BCUT2D eigenvalue weighted by molar-refractivity contribution is 9.10. The fourth-order valence-corrected chi connectivity index (χ4v) is 3.10. The van der Waals surface area contributed by atoms with Gasteiger partial charge in [-0.25, -0.2) is 0 Å². The minimum Gasteiger partial charge on any atom is -0.0890 e. The molecular formula is C13H18Br2. The maximum absolute atomic E-state index is 3.75. The van der Waals surface area contributed by atoms with Crippen LogP contribution in [0, 0.1) is 5.92 Å². The van der Waals surface area contributed by atoms with Gasteiger partial charge in [0.15, 0.2) is 0 Å². The second-order valence-corrected chi connectivity index (χ2v) is 6.51. The third-order valence-corrected chi connectivity index (χ3v) is 4.02. The van der Waals surface area contributed by atoms with Crippen LogP contribution in [0.15, 0.2) is 28.7 Å². The van der Waals surface area contributed by atoms with Crippen LogP contribution in [-0.2, 0) is 6.42 Å². The number of halogens is 2. The van der Waals surface area contributed by atoms with E-state index in [0.717, 1.165) is 12.3 Å². The summed E-state index contributed by atoms with van der Waals surface area (Å²) in [4.78, 5) is 0.643. The summed E-state index contributed by atoms with van der Waals surface area (Å²) in [6.07, 6.45) is 3.61. The summed E-state index contributed by atoms with van der Waals surface area (Å²) in [5.74, 6) is 0.772. The van der Waals surface area contributed by atoms with E-state index in [-0.39, 0.29) is 0 Å². The third kappa shape index (κ3) is 5.17. The average molecular weight is 334 g/mol. The summed E-state index contributed by atoms with van der Waals surface area (Å²) in [7, 11) is 0. The zero-order valence-electron chi connectivity index (χ0n) is 9.34.